The number of nitrogens with zero attached hydrogens (tertiary/aromatic N) is 3. The standard InChI is InChI=1S/C23H27N5O2S/c1-15-9-10-18(13-17(15)3)24-22(30)14-31-23-27-26-20(28(23)4)11-12-21(29)25-19-8-6-5-7-16(19)2/h5-10,13H,11-12,14H2,1-4H3,(H,24,30)(H,25,29). The molecule has 1 heterocycles. The lowest BCUT2D eigenvalue weighted by Gasteiger charge is -2.08. The molecule has 7 nitrogen and oxygen atoms in total. The predicted molar refractivity (Wildman–Crippen MR) is 124 cm³/mol. The first-order valence-electron chi connectivity index (χ1n) is 10.1. The number of carbonyl (C=O) groups is 2. The molecule has 2 amide bonds. The Morgan fingerprint density at radius 3 is 2.45 bits per heavy atom. The van der Waals surface area contributed by atoms with Crippen molar-refractivity contribution in [3.05, 3.63) is 65.0 Å². The molecule has 0 radical (unpaired) electrons. The number of hydrogen-bond donors (Lipinski definition) is 2. The van der Waals surface area contributed by atoms with Gasteiger partial charge in [-0.2, -0.15) is 0 Å². The fourth-order valence-corrected chi connectivity index (χ4v) is 3.72. The van der Waals surface area contributed by atoms with E-state index < -0.39 is 0 Å². The van der Waals surface area contributed by atoms with Crippen molar-refractivity contribution in [1.82, 2.24) is 14.8 Å². The Kier molecular flexibility index (Phi) is 7.46. The van der Waals surface area contributed by atoms with Crippen molar-refractivity contribution in [2.45, 2.75) is 38.8 Å². The van der Waals surface area contributed by atoms with Gasteiger partial charge in [0.05, 0.1) is 5.75 Å². The van der Waals surface area contributed by atoms with E-state index in [4.69, 9.17) is 0 Å². The zero-order valence-corrected chi connectivity index (χ0v) is 19.0. The molecule has 3 aromatic rings. The summed E-state index contributed by atoms with van der Waals surface area (Å²) in [5.74, 6) is 0.763. The van der Waals surface area contributed by atoms with E-state index in [1.54, 1.807) is 0 Å². The summed E-state index contributed by atoms with van der Waals surface area (Å²) in [6, 6.07) is 13.5. The number of carbonyl (C=O) groups excluding carboxylic acids is 2. The summed E-state index contributed by atoms with van der Waals surface area (Å²) in [5, 5.41) is 14.8. The number of nitrogens with one attached hydrogen (secondary N) is 2. The Morgan fingerprint density at radius 1 is 0.935 bits per heavy atom. The molecule has 2 aromatic carbocycles. The van der Waals surface area contributed by atoms with Crippen LogP contribution in [0.3, 0.4) is 0 Å². The summed E-state index contributed by atoms with van der Waals surface area (Å²) >= 11 is 1.32. The van der Waals surface area contributed by atoms with Gasteiger partial charge in [0.25, 0.3) is 0 Å². The highest BCUT2D eigenvalue weighted by Gasteiger charge is 2.13. The lowest BCUT2D eigenvalue weighted by atomic mass is 10.1. The van der Waals surface area contributed by atoms with E-state index in [-0.39, 0.29) is 17.6 Å². The number of anilines is 2. The maximum Gasteiger partial charge on any atom is 0.234 e. The van der Waals surface area contributed by atoms with Crippen molar-refractivity contribution >= 4 is 35.0 Å². The van der Waals surface area contributed by atoms with Gasteiger partial charge in [0.2, 0.25) is 11.8 Å². The lowest BCUT2D eigenvalue weighted by Crippen LogP contribution is -2.15. The van der Waals surface area contributed by atoms with Crippen molar-refractivity contribution in [2.24, 2.45) is 7.05 Å². The van der Waals surface area contributed by atoms with E-state index in [1.165, 1.54) is 17.3 Å². The molecule has 31 heavy (non-hydrogen) atoms. The zero-order valence-electron chi connectivity index (χ0n) is 18.2. The average molecular weight is 438 g/mol. The zero-order chi connectivity index (χ0) is 22.4. The molecule has 0 spiro atoms. The van der Waals surface area contributed by atoms with Crippen LogP contribution in [0.2, 0.25) is 0 Å². The van der Waals surface area contributed by atoms with Crippen LogP contribution < -0.4 is 10.6 Å². The number of aryl methyl sites for hydroxylation is 4. The molecule has 0 aliphatic rings. The van der Waals surface area contributed by atoms with Crippen LogP contribution in [0.5, 0.6) is 0 Å². The van der Waals surface area contributed by atoms with Gasteiger partial charge in [0.15, 0.2) is 5.16 Å². The highest BCUT2D eigenvalue weighted by Crippen LogP contribution is 2.19. The minimum atomic E-state index is -0.101. The van der Waals surface area contributed by atoms with E-state index in [9.17, 15) is 9.59 Å². The van der Waals surface area contributed by atoms with Gasteiger partial charge in [-0.25, -0.2) is 0 Å². The quantitative estimate of drug-likeness (QED) is 0.519. The van der Waals surface area contributed by atoms with E-state index >= 15 is 0 Å². The van der Waals surface area contributed by atoms with E-state index in [0.29, 0.717) is 23.8 Å². The van der Waals surface area contributed by atoms with Gasteiger partial charge in [-0.1, -0.05) is 36.0 Å². The SMILES string of the molecule is Cc1ccc(NC(=O)CSc2nnc(CCC(=O)Nc3ccccc3C)n2C)cc1C. The summed E-state index contributed by atoms with van der Waals surface area (Å²) < 4.78 is 1.83. The average Bonchev–Trinajstić information content (AvgIpc) is 3.09. The first-order valence-corrected chi connectivity index (χ1v) is 11.1. The van der Waals surface area contributed by atoms with Gasteiger partial charge in [-0.05, 0) is 55.7 Å². The number of para-hydroxylation sites is 1. The summed E-state index contributed by atoms with van der Waals surface area (Å²) in [6.07, 6.45) is 0.773. The molecular formula is C23H27N5O2S. The van der Waals surface area contributed by atoms with Crippen LogP contribution in [0.25, 0.3) is 0 Å². The molecule has 0 saturated carbocycles. The van der Waals surface area contributed by atoms with Gasteiger partial charge in [-0.3, -0.25) is 9.59 Å². The van der Waals surface area contributed by atoms with Crippen LogP contribution in [0.4, 0.5) is 11.4 Å². The molecule has 3 rings (SSSR count). The third kappa shape index (κ3) is 6.18. The smallest absolute Gasteiger partial charge is 0.234 e. The lowest BCUT2D eigenvalue weighted by molar-refractivity contribution is -0.116. The largest absolute Gasteiger partial charge is 0.326 e. The summed E-state index contributed by atoms with van der Waals surface area (Å²) in [4.78, 5) is 24.5. The van der Waals surface area contributed by atoms with Gasteiger partial charge < -0.3 is 15.2 Å². The molecule has 0 fully saturated rings. The Balaban J connectivity index is 1.49. The van der Waals surface area contributed by atoms with E-state index in [2.05, 4.69) is 20.8 Å². The summed E-state index contributed by atoms with van der Waals surface area (Å²) in [7, 11) is 1.85. The predicted octanol–water partition coefficient (Wildman–Crippen LogP) is 4.04. The molecular weight excluding hydrogens is 410 g/mol. The second-order valence-electron chi connectivity index (χ2n) is 7.46. The number of hydrogen-bond acceptors (Lipinski definition) is 5. The topological polar surface area (TPSA) is 88.9 Å². The monoisotopic (exact) mass is 437 g/mol. The molecule has 0 aliphatic carbocycles. The van der Waals surface area contributed by atoms with Crippen LogP contribution in [0.1, 0.15) is 28.9 Å². The number of aromatic nitrogens is 3. The van der Waals surface area contributed by atoms with Gasteiger partial charge in [-0.15, -0.1) is 10.2 Å². The van der Waals surface area contributed by atoms with Crippen LogP contribution >= 0.6 is 11.8 Å². The van der Waals surface area contributed by atoms with Crippen LogP contribution in [0, 0.1) is 20.8 Å². The normalized spacial score (nSPS) is 10.7. The Morgan fingerprint density at radius 2 is 1.71 bits per heavy atom. The second-order valence-corrected chi connectivity index (χ2v) is 8.40. The Labute approximate surface area is 186 Å². The fraction of sp³-hybridized carbons (Fsp3) is 0.304. The van der Waals surface area contributed by atoms with Gasteiger partial charge >= 0.3 is 0 Å². The third-order valence-corrected chi connectivity index (χ3v) is 6.06. The molecule has 162 valence electrons. The Bertz CT molecular complexity index is 1090. The van der Waals surface area contributed by atoms with Crippen molar-refractivity contribution in [1.29, 1.82) is 0 Å². The third-order valence-electron chi connectivity index (χ3n) is 5.04. The summed E-state index contributed by atoms with van der Waals surface area (Å²) in [6.45, 7) is 6.01. The maximum absolute atomic E-state index is 12.3. The highest BCUT2D eigenvalue weighted by molar-refractivity contribution is 7.99. The van der Waals surface area contributed by atoms with Crippen molar-refractivity contribution in [3.63, 3.8) is 0 Å². The van der Waals surface area contributed by atoms with Crippen LogP contribution in [-0.4, -0.2) is 32.3 Å². The van der Waals surface area contributed by atoms with Crippen LogP contribution in [0.15, 0.2) is 47.6 Å². The number of rotatable bonds is 8. The molecule has 1 aromatic heterocycles. The molecule has 0 atom stereocenters. The second kappa shape index (κ2) is 10.3. The molecule has 0 unspecified atom stereocenters. The molecule has 2 N–H and O–H groups in total. The molecule has 0 aliphatic heterocycles. The first-order chi connectivity index (χ1) is 14.8. The Hall–Kier alpha value is -3.13. The maximum atomic E-state index is 12.3. The molecule has 8 heteroatoms. The van der Waals surface area contributed by atoms with Gasteiger partial charge in [0.1, 0.15) is 5.82 Å². The number of benzene rings is 2. The molecule has 0 bridgehead atoms. The first kappa shape index (κ1) is 22.6. The van der Waals surface area contributed by atoms with Crippen LogP contribution in [-0.2, 0) is 23.1 Å². The number of amides is 2. The minimum absolute atomic E-state index is 0.0701. The highest BCUT2D eigenvalue weighted by atomic mass is 32.2. The van der Waals surface area contributed by atoms with Crippen molar-refractivity contribution in [3.8, 4) is 0 Å². The van der Waals surface area contributed by atoms with E-state index in [1.807, 2.05) is 74.9 Å². The molecule has 0 saturated heterocycles. The number of thioether (sulfide) groups is 1. The van der Waals surface area contributed by atoms with Crippen molar-refractivity contribution in [2.75, 3.05) is 16.4 Å². The van der Waals surface area contributed by atoms with Gasteiger partial charge in [0, 0.05) is 31.3 Å². The van der Waals surface area contributed by atoms with E-state index in [0.717, 1.165) is 22.5 Å². The fourth-order valence-electron chi connectivity index (χ4n) is 2.99. The minimum Gasteiger partial charge on any atom is -0.326 e. The van der Waals surface area contributed by atoms with Crippen molar-refractivity contribution < 1.29 is 9.59 Å². The summed E-state index contributed by atoms with van der Waals surface area (Å²) in [5.41, 5.74) is 4.94.